The predicted octanol–water partition coefficient (Wildman–Crippen LogP) is 4.52. The van der Waals surface area contributed by atoms with Gasteiger partial charge in [-0.25, -0.2) is 8.78 Å². The third kappa shape index (κ3) is 3.78. The summed E-state index contributed by atoms with van der Waals surface area (Å²) in [7, 11) is 0. The molecule has 2 rings (SSSR count). The normalized spacial score (nSPS) is 12.4. The lowest BCUT2D eigenvalue weighted by molar-refractivity contribution is 0.538. The van der Waals surface area contributed by atoms with E-state index in [1.54, 1.807) is 0 Å². The Morgan fingerprint density at radius 2 is 1.63 bits per heavy atom. The van der Waals surface area contributed by atoms with E-state index in [0.29, 0.717) is 5.75 Å². The van der Waals surface area contributed by atoms with Gasteiger partial charge >= 0.3 is 0 Å². The summed E-state index contributed by atoms with van der Waals surface area (Å²) in [5, 5.41) is 0. The van der Waals surface area contributed by atoms with Gasteiger partial charge in [0.2, 0.25) is 0 Å². The lowest BCUT2D eigenvalue weighted by Gasteiger charge is -2.13. The van der Waals surface area contributed by atoms with E-state index < -0.39 is 17.7 Å². The Hall–Kier alpha value is -0.910. The summed E-state index contributed by atoms with van der Waals surface area (Å²) >= 11 is 4.82. The zero-order chi connectivity index (χ0) is 13.8. The van der Waals surface area contributed by atoms with Crippen LogP contribution in [-0.4, -0.2) is 5.75 Å². The minimum atomic E-state index is -0.671. The Morgan fingerprint density at radius 3 is 2.21 bits per heavy atom. The van der Waals surface area contributed by atoms with E-state index >= 15 is 0 Å². The van der Waals surface area contributed by atoms with Crippen molar-refractivity contribution in [1.29, 1.82) is 0 Å². The molecular weight excluding hydrogens is 332 g/mol. The van der Waals surface area contributed by atoms with Crippen LogP contribution < -0.4 is 5.73 Å². The molecule has 0 radical (unpaired) electrons. The highest BCUT2D eigenvalue weighted by molar-refractivity contribution is 9.10. The number of thioether (sulfide) groups is 1. The van der Waals surface area contributed by atoms with E-state index in [0.717, 1.165) is 9.37 Å². The minimum Gasteiger partial charge on any atom is -0.323 e. The van der Waals surface area contributed by atoms with Crippen LogP contribution in [-0.2, 0) is 0 Å². The second-order valence-corrected chi connectivity index (χ2v) is 6.02. The largest absolute Gasteiger partial charge is 0.323 e. The maximum Gasteiger partial charge on any atom is 0.130 e. The first-order chi connectivity index (χ1) is 9.08. The molecule has 0 saturated heterocycles. The molecule has 1 nitrogen and oxygen atoms in total. The summed E-state index contributed by atoms with van der Waals surface area (Å²) in [6.07, 6.45) is 0. The summed E-state index contributed by atoms with van der Waals surface area (Å²) in [6, 6.07) is 10.8. The second-order valence-electron chi connectivity index (χ2n) is 4.01. The van der Waals surface area contributed by atoms with Gasteiger partial charge in [0.25, 0.3) is 0 Å². The Bertz CT molecular complexity index is 540. The van der Waals surface area contributed by atoms with Gasteiger partial charge in [-0.1, -0.05) is 22.0 Å². The van der Waals surface area contributed by atoms with Gasteiger partial charge in [0.1, 0.15) is 11.6 Å². The highest BCUT2D eigenvalue weighted by atomic mass is 79.9. The Morgan fingerprint density at radius 1 is 1.05 bits per heavy atom. The maximum absolute atomic E-state index is 13.5. The number of nitrogens with two attached hydrogens (primary N) is 1. The molecule has 0 saturated carbocycles. The van der Waals surface area contributed by atoms with Gasteiger partial charge in [-0.2, -0.15) is 0 Å². The van der Waals surface area contributed by atoms with Crippen molar-refractivity contribution >= 4 is 27.7 Å². The third-order valence-corrected chi connectivity index (χ3v) is 4.27. The lowest BCUT2D eigenvalue weighted by Crippen LogP contribution is -2.16. The Labute approximate surface area is 123 Å². The van der Waals surface area contributed by atoms with Crippen LogP contribution in [0.1, 0.15) is 11.6 Å². The maximum atomic E-state index is 13.5. The van der Waals surface area contributed by atoms with Gasteiger partial charge in [0.15, 0.2) is 0 Å². The van der Waals surface area contributed by atoms with E-state index in [1.165, 1.54) is 30.0 Å². The standard InChI is InChI=1S/C14H12BrF2NS/c15-9-4-6-10(7-5-9)19-8-13(18)14-11(16)2-1-3-12(14)17/h1-7,13H,8,18H2. The molecule has 100 valence electrons. The molecule has 0 bridgehead atoms. The predicted molar refractivity (Wildman–Crippen MR) is 78.2 cm³/mol. The fourth-order valence-corrected chi connectivity index (χ4v) is 2.80. The molecule has 2 aromatic carbocycles. The molecule has 5 heteroatoms. The fourth-order valence-electron chi connectivity index (χ4n) is 1.67. The van der Waals surface area contributed by atoms with Gasteiger partial charge < -0.3 is 5.73 Å². The van der Waals surface area contributed by atoms with E-state index in [9.17, 15) is 8.78 Å². The van der Waals surface area contributed by atoms with Crippen molar-refractivity contribution in [2.75, 3.05) is 5.75 Å². The van der Waals surface area contributed by atoms with Gasteiger partial charge in [-0.15, -0.1) is 11.8 Å². The number of benzene rings is 2. The summed E-state index contributed by atoms with van der Waals surface area (Å²) in [5.74, 6) is -0.771. The SMILES string of the molecule is NC(CSc1ccc(Br)cc1)c1c(F)cccc1F. The molecule has 1 unspecified atom stereocenters. The summed E-state index contributed by atoms with van der Waals surface area (Å²) in [4.78, 5) is 1.01. The van der Waals surface area contributed by atoms with Crippen molar-refractivity contribution < 1.29 is 8.78 Å². The average molecular weight is 344 g/mol. The zero-order valence-electron chi connectivity index (χ0n) is 9.95. The molecule has 0 heterocycles. The highest BCUT2D eigenvalue weighted by Gasteiger charge is 2.16. The van der Waals surface area contributed by atoms with Crippen LogP contribution >= 0.6 is 27.7 Å². The van der Waals surface area contributed by atoms with Crippen LogP contribution in [0.2, 0.25) is 0 Å². The van der Waals surface area contributed by atoms with Crippen molar-refractivity contribution in [2.24, 2.45) is 5.73 Å². The fraction of sp³-hybridized carbons (Fsp3) is 0.143. The number of hydrogen-bond donors (Lipinski definition) is 1. The van der Waals surface area contributed by atoms with Crippen molar-refractivity contribution in [3.05, 3.63) is 64.1 Å². The van der Waals surface area contributed by atoms with Crippen molar-refractivity contribution in [1.82, 2.24) is 0 Å². The highest BCUT2D eigenvalue weighted by Crippen LogP contribution is 2.27. The average Bonchev–Trinajstić information content (AvgIpc) is 2.38. The first-order valence-electron chi connectivity index (χ1n) is 5.66. The number of hydrogen-bond acceptors (Lipinski definition) is 2. The molecule has 0 spiro atoms. The summed E-state index contributed by atoms with van der Waals surface area (Å²) in [6.45, 7) is 0. The Kier molecular flexibility index (Phi) is 4.96. The molecule has 2 N–H and O–H groups in total. The van der Waals surface area contributed by atoms with Crippen molar-refractivity contribution in [2.45, 2.75) is 10.9 Å². The van der Waals surface area contributed by atoms with E-state index in [2.05, 4.69) is 15.9 Å². The van der Waals surface area contributed by atoms with Crippen LogP contribution in [0.15, 0.2) is 51.8 Å². The third-order valence-electron chi connectivity index (χ3n) is 2.61. The van der Waals surface area contributed by atoms with Crippen LogP contribution in [0.3, 0.4) is 0 Å². The molecule has 1 atom stereocenters. The molecule has 0 aromatic heterocycles. The first-order valence-corrected chi connectivity index (χ1v) is 7.43. The molecule has 0 fully saturated rings. The number of halogens is 3. The molecule has 0 aliphatic heterocycles. The van der Waals surface area contributed by atoms with Crippen LogP contribution in [0.4, 0.5) is 8.78 Å². The van der Waals surface area contributed by atoms with Crippen LogP contribution in [0, 0.1) is 11.6 Å². The van der Waals surface area contributed by atoms with Crippen LogP contribution in [0.25, 0.3) is 0 Å². The topological polar surface area (TPSA) is 26.0 Å². The number of rotatable bonds is 4. The minimum absolute atomic E-state index is 0.0490. The molecule has 19 heavy (non-hydrogen) atoms. The van der Waals surface area contributed by atoms with Crippen LogP contribution in [0.5, 0.6) is 0 Å². The lowest BCUT2D eigenvalue weighted by atomic mass is 10.1. The zero-order valence-corrected chi connectivity index (χ0v) is 12.3. The first kappa shape index (κ1) is 14.5. The molecule has 2 aromatic rings. The molecule has 0 amide bonds. The monoisotopic (exact) mass is 343 g/mol. The van der Waals surface area contributed by atoms with Gasteiger partial charge in [0.05, 0.1) is 0 Å². The molecule has 0 aliphatic carbocycles. The smallest absolute Gasteiger partial charge is 0.130 e. The van der Waals surface area contributed by atoms with Crippen molar-refractivity contribution in [3.63, 3.8) is 0 Å². The quantitative estimate of drug-likeness (QED) is 0.826. The molecule has 0 aliphatic rings. The van der Waals surface area contributed by atoms with Gasteiger partial charge in [-0.3, -0.25) is 0 Å². The van der Waals surface area contributed by atoms with Gasteiger partial charge in [0, 0.05) is 26.7 Å². The summed E-state index contributed by atoms with van der Waals surface area (Å²) in [5.41, 5.74) is 5.82. The molecular formula is C14H12BrF2NS. The van der Waals surface area contributed by atoms with E-state index in [4.69, 9.17) is 5.73 Å². The van der Waals surface area contributed by atoms with Gasteiger partial charge in [-0.05, 0) is 36.4 Å². The summed E-state index contributed by atoms with van der Waals surface area (Å²) < 4.78 is 28.1. The van der Waals surface area contributed by atoms with E-state index in [-0.39, 0.29) is 5.56 Å². The van der Waals surface area contributed by atoms with E-state index in [1.807, 2.05) is 24.3 Å². The second kappa shape index (κ2) is 6.50. The van der Waals surface area contributed by atoms with Crippen molar-refractivity contribution in [3.8, 4) is 0 Å². The Balaban J connectivity index is 2.05.